The predicted molar refractivity (Wildman–Crippen MR) is 106 cm³/mol. The van der Waals surface area contributed by atoms with E-state index in [1.165, 1.54) is 23.5 Å². The number of nitrogens with zero attached hydrogens (tertiary/aromatic N) is 2. The summed E-state index contributed by atoms with van der Waals surface area (Å²) in [6.45, 7) is 0. The zero-order valence-electron chi connectivity index (χ0n) is 14.2. The summed E-state index contributed by atoms with van der Waals surface area (Å²) in [5.41, 5.74) is 0.545. The van der Waals surface area contributed by atoms with Crippen LogP contribution in [-0.4, -0.2) is 32.4 Å². The Labute approximate surface area is 166 Å². The fourth-order valence-corrected chi connectivity index (χ4v) is 3.83. The average Bonchev–Trinajstić information content (AvgIpc) is 2.66. The first-order chi connectivity index (χ1) is 13.0. The first-order valence-electron chi connectivity index (χ1n) is 7.81. The maximum atomic E-state index is 12.8. The van der Waals surface area contributed by atoms with Gasteiger partial charge < -0.3 is 14.7 Å². The summed E-state index contributed by atoms with van der Waals surface area (Å²) in [5.74, 6) is -0.360. The summed E-state index contributed by atoms with van der Waals surface area (Å²) in [5, 5.41) is 1.40. The normalized spacial score (nSPS) is 13.0. The lowest BCUT2D eigenvalue weighted by Gasteiger charge is -2.25. The number of thioether (sulfide) groups is 2. The van der Waals surface area contributed by atoms with E-state index in [1.54, 1.807) is 36.8 Å². The van der Waals surface area contributed by atoms with Crippen molar-refractivity contribution in [1.29, 1.82) is 0 Å². The third kappa shape index (κ3) is 3.15. The van der Waals surface area contributed by atoms with Crippen LogP contribution < -0.4 is 15.9 Å². The highest BCUT2D eigenvalue weighted by Gasteiger charge is 2.36. The molecule has 0 fully saturated rings. The van der Waals surface area contributed by atoms with Crippen LogP contribution in [0.2, 0.25) is 5.02 Å². The molecule has 7 nitrogen and oxygen atoms in total. The molecule has 0 atom stereocenters. The van der Waals surface area contributed by atoms with Gasteiger partial charge in [0.1, 0.15) is 0 Å². The van der Waals surface area contributed by atoms with Gasteiger partial charge in [0.25, 0.3) is 11.1 Å². The van der Waals surface area contributed by atoms with E-state index in [0.29, 0.717) is 15.3 Å². The summed E-state index contributed by atoms with van der Waals surface area (Å²) in [4.78, 5) is 39.8. The van der Waals surface area contributed by atoms with Crippen molar-refractivity contribution in [2.45, 2.75) is 16.2 Å². The van der Waals surface area contributed by atoms with Crippen molar-refractivity contribution in [2.75, 3.05) is 12.5 Å². The molecule has 0 amide bonds. The van der Waals surface area contributed by atoms with E-state index in [9.17, 15) is 9.59 Å². The van der Waals surface area contributed by atoms with Gasteiger partial charge in [0.2, 0.25) is 11.8 Å². The summed E-state index contributed by atoms with van der Waals surface area (Å²) < 4.78 is 5.78. The van der Waals surface area contributed by atoms with Crippen LogP contribution >= 0.6 is 35.1 Å². The van der Waals surface area contributed by atoms with E-state index in [1.807, 2.05) is 0 Å². The standard InChI is InChI=1S/C17H13ClN4O3S2/c1-26-16-19-12(23)10-9(7-3-5-8(18)6-4-7)11-13(24)20-17(27-2)22-15(11)25-14(10)21-16/h3-6,9H,1-2H3,(H,19,21,23)(H,20,22,24). The van der Waals surface area contributed by atoms with Gasteiger partial charge in [-0.2, -0.15) is 9.97 Å². The van der Waals surface area contributed by atoms with Gasteiger partial charge >= 0.3 is 0 Å². The zero-order valence-corrected chi connectivity index (χ0v) is 16.6. The second kappa shape index (κ2) is 7.06. The second-order valence-corrected chi connectivity index (χ2v) is 7.70. The van der Waals surface area contributed by atoms with Crippen molar-refractivity contribution >= 4 is 35.1 Å². The number of rotatable bonds is 3. The number of H-pyrrole nitrogens is 2. The largest absolute Gasteiger partial charge is 0.419 e. The monoisotopic (exact) mass is 420 g/mol. The van der Waals surface area contributed by atoms with Gasteiger partial charge in [-0.05, 0) is 30.2 Å². The second-order valence-electron chi connectivity index (χ2n) is 5.67. The molecule has 3 heterocycles. The topological polar surface area (TPSA) is 101 Å². The van der Waals surface area contributed by atoms with Crippen molar-refractivity contribution in [1.82, 2.24) is 19.9 Å². The van der Waals surface area contributed by atoms with Crippen molar-refractivity contribution in [3.63, 3.8) is 0 Å². The lowest BCUT2D eigenvalue weighted by atomic mass is 9.86. The Hall–Kier alpha value is -2.23. The molecular weight excluding hydrogens is 408 g/mol. The Balaban J connectivity index is 2.04. The number of halogens is 1. The molecule has 4 rings (SSSR count). The number of aromatic amines is 2. The molecule has 1 aromatic carbocycles. The fourth-order valence-electron chi connectivity index (χ4n) is 2.97. The highest BCUT2D eigenvalue weighted by molar-refractivity contribution is 7.98. The minimum absolute atomic E-state index is 0.153. The molecule has 10 heteroatoms. The molecule has 1 aliphatic rings. The van der Waals surface area contributed by atoms with E-state index in [2.05, 4.69) is 19.9 Å². The van der Waals surface area contributed by atoms with Crippen LogP contribution in [0.25, 0.3) is 0 Å². The van der Waals surface area contributed by atoms with Gasteiger partial charge in [0.05, 0.1) is 17.0 Å². The smallest absolute Gasteiger partial charge is 0.259 e. The van der Waals surface area contributed by atoms with Crippen molar-refractivity contribution in [3.8, 4) is 11.8 Å². The van der Waals surface area contributed by atoms with Crippen LogP contribution in [0.5, 0.6) is 11.8 Å². The van der Waals surface area contributed by atoms with Crippen molar-refractivity contribution in [3.05, 3.63) is 66.7 Å². The molecular formula is C17H13ClN4O3S2. The maximum absolute atomic E-state index is 12.8. The molecule has 0 bridgehead atoms. The van der Waals surface area contributed by atoms with Crippen LogP contribution in [0.3, 0.4) is 0 Å². The van der Waals surface area contributed by atoms with Crippen molar-refractivity contribution < 1.29 is 4.74 Å². The Kier molecular flexibility index (Phi) is 4.75. The Morgan fingerprint density at radius 3 is 1.85 bits per heavy atom. The first kappa shape index (κ1) is 18.1. The lowest BCUT2D eigenvalue weighted by Crippen LogP contribution is -2.30. The fraction of sp³-hybridized carbons (Fsp3) is 0.176. The Morgan fingerprint density at radius 2 is 1.41 bits per heavy atom. The summed E-state index contributed by atoms with van der Waals surface area (Å²) in [7, 11) is 0. The van der Waals surface area contributed by atoms with Crippen LogP contribution in [0.15, 0.2) is 44.2 Å². The first-order valence-corrected chi connectivity index (χ1v) is 10.6. The zero-order chi connectivity index (χ0) is 19.1. The third-order valence-corrected chi connectivity index (χ3v) is 5.57. The van der Waals surface area contributed by atoms with Crippen LogP contribution in [0.1, 0.15) is 22.6 Å². The number of fused-ring (bicyclic) bond motifs is 2. The molecule has 0 radical (unpaired) electrons. The molecule has 0 saturated carbocycles. The molecule has 0 unspecified atom stereocenters. The molecule has 0 saturated heterocycles. The molecule has 2 aromatic heterocycles. The Morgan fingerprint density at radius 1 is 0.926 bits per heavy atom. The Bertz CT molecular complexity index is 1080. The molecule has 0 aliphatic carbocycles. The van der Waals surface area contributed by atoms with Gasteiger partial charge in [-0.25, -0.2) is 0 Å². The number of hydrogen-bond acceptors (Lipinski definition) is 7. The minimum atomic E-state index is -0.666. The SMILES string of the molecule is CSc1nc2c(c(=O)[nH]1)C(c1ccc(Cl)cc1)c1c(nc(SC)[nH]c1=O)O2. The van der Waals surface area contributed by atoms with Gasteiger partial charge in [-0.3, -0.25) is 9.59 Å². The van der Waals surface area contributed by atoms with Crippen LogP contribution in [0.4, 0.5) is 0 Å². The highest BCUT2D eigenvalue weighted by Crippen LogP contribution is 2.43. The van der Waals surface area contributed by atoms with Gasteiger partial charge in [-0.1, -0.05) is 47.3 Å². The van der Waals surface area contributed by atoms with Crippen molar-refractivity contribution in [2.24, 2.45) is 0 Å². The number of benzene rings is 1. The molecule has 3 aromatic rings. The van der Waals surface area contributed by atoms with E-state index in [4.69, 9.17) is 16.3 Å². The average molecular weight is 421 g/mol. The van der Waals surface area contributed by atoms with Gasteiger partial charge in [0.15, 0.2) is 10.3 Å². The van der Waals surface area contributed by atoms with Gasteiger partial charge in [0, 0.05) is 5.02 Å². The molecule has 138 valence electrons. The summed E-state index contributed by atoms with van der Waals surface area (Å²) in [6, 6.07) is 6.97. The highest BCUT2D eigenvalue weighted by atomic mass is 35.5. The van der Waals surface area contributed by atoms with E-state index in [-0.39, 0.29) is 34.0 Å². The summed E-state index contributed by atoms with van der Waals surface area (Å²) in [6.07, 6.45) is 3.60. The van der Waals surface area contributed by atoms with E-state index < -0.39 is 5.92 Å². The molecule has 0 spiro atoms. The number of nitrogens with one attached hydrogen (secondary N) is 2. The van der Waals surface area contributed by atoms with Crippen LogP contribution in [0, 0.1) is 0 Å². The molecule has 1 aliphatic heterocycles. The van der Waals surface area contributed by atoms with Gasteiger partial charge in [-0.15, -0.1) is 0 Å². The molecule has 2 N–H and O–H groups in total. The third-order valence-electron chi connectivity index (χ3n) is 4.16. The molecule has 27 heavy (non-hydrogen) atoms. The summed E-state index contributed by atoms with van der Waals surface area (Å²) >= 11 is 8.58. The maximum Gasteiger partial charge on any atom is 0.259 e. The predicted octanol–water partition coefficient (Wildman–Crippen LogP) is 3.24. The number of aromatic nitrogens is 4. The van der Waals surface area contributed by atoms with E-state index >= 15 is 0 Å². The quantitative estimate of drug-likeness (QED) is 0.387. The lowest BCUT2D eigenvalue weighted by molar-refractivity contribution is 0.398. The number of ether oxygens (including phenoxy) is 1. The number of hydrogen-bond donors (Lipinski definition) is 2. The van der Waals surface area contributed by atoms with Crippen LogP contribution in [-0.2, 0) is 0 Å². The van der Waals surface area contributed by atoms with E-state index in [0.717, 1.165) is 5.56 Å². The minimum Gasteiger partial charge on any atom is -0.419 e.